The molecule has 468 valence electrons. The molecule has 0 radical (unpaired) electrons. The fourth-order valence-electron chi connectivity index (χ4n) is 8.20. The van der Waals surface area contributed by atoms with Gasteiger partial charge in [0.1, 0.15) is 26.2 Å². The highest BCUT2D eigenvalue weighted by atomic mass is 16.5. The molecular formula is C56H105N11O14. The summed E-state index contributed by atoms with van der Waals surface area (Å²) in [5.74, 6) is -5.38. The van der Waals surface area contributed by atoms with Crippen molar-refractivity contribution in [2.45, 2.75) is 158 Å². The molecule has 3 N–H and O–H groups in total. The van der Waals surface area contributed by atoms with E-state index in [4.69, 9.17) is 24.7 Å². The van der Waals surface area contributed by atoms with Gasteiger partial charge in [-0.1, -0.05) is 41.5 Å². The van der Waals surface area contributed by atoms with Gasteiger partial charge in [0.2, 0.25) is 59.1 Å². The molecule has 0 rings (SSSR count). The molecule has 0 aromatic carbocycles. The van der Waals surface area contributed by atoms with Crippen molar-refractivity contribution < 1.29 is 66.9 Å². The zero-order valence-electron chi connectivity index (χ0n) is 52.3. The van der Waals surface area contributed by atoms with Crippen LogP contribution in [-0.4, -0.2) is 286 Å². The van der Waals surface area contributed by atoms with Gasteiger partial charge in [-0.2, -0.15) is 0 Å². The van der Waals surface area contributed by atoms with Gasteiger partial charge in [-0.25, -0.2) is 0 Å². The number of hydrogen-bond acceptors (Lipinski definition) is 15. The molecule has 6 unspecified atom stereocenters. The summed E-state index contributed by atoms with van der Waals surface area (Å²) >= 11 is 0. The Morgan fingerprint density at radius 2 is 0.556 bits per heavy atom. The highest BCUT2D eigenvalue weighted by molar-refractivity contribution is 5.94. The van der Waals surface area contributed by atoms with E-state index in [0.717, 1.165) is 6.42 Å². The molecule has 81 heavy (non-hydrogen) atoms. The number of methoxy groups -OCH3 is 4. The van der Waals surface area contributed by atoms with E-state index in [-0.39, 0.29) is 103 Å². The Balaban J connectivity index is 6.82. The number of nitrogens with one attached hydrogen (secondary N) is 1. The van der Waals surface area contributed by atoms with Crippen LogP contribution in [0.1, 0.15) is 122 Å². The number of nitrogens with two attached hydrogens (primary N) is 1. The van der Waals surface area contributed by atoms with E-state index in [0.29, 0.717) is 32.1 Å². The lowest BCUT2D eigenvalue weighted by Gasteiger charge is -2.36. The second kappa shape index (κ2) is 41.5. The van der Waals surface area contributed by atoms with Crippen LogP contribution in [0.2, 0.25) is 0 Å². The van der Waals surface area contributed by atoms with Crippen LogP contribution >= 0.6 is 0 Å². The first-order chi connectivity index (χ1) is 38.3. The molecule has 25 heteroatoms. The van der Waals surface area contributed by atoms with Gasteiger partial charge in [0, 0.05) is 90.9 Å². The Kier molecular flexibility index (Phi) is 38.7. The van der Waals surface area contributed by atoms with Crippen molar-refractivity contribution >= 4 is 59.1 Å². The summed E-state index contributed by atoms with van der Waals surface area (Å²) in [4.78, 5) is 151. The van der Waals surface area contributed by atoms with E-state index in [1.807, 2.05) is 55.4 Å². The zero-order chi connectivity index (χ0) is 61.9. The van der Waals surface area contributed by atoms with Gasteiger partial charge in [0.25, 0.3) is 0 Å². The first kappa shape index (κ1) is 75.5. The fourth-order valence-corrected chi connectivity index (χ4v) is 8.20. The lowest BCUT2D eigenvalue weighted by molar-refractivity contribution is -0.151. The van der Waals surface area contributed by atoms with Crippen LogP contribution in [0.4, 0.5) is 0 Å². The second-order valence-corrected chi connectivity index (χ2v) is 20.8. The maximum absolute atomic E-state index is 14.6. The largest absolute Gasteiger partial charge is 0.383 e. The Morgan fingerprint density at radius 1 is 0.333 bits per heavy atom. The third kappa shape index (κ3) is 27.4. The monoisotopic (exact) mass is 1160 g/mol. The van der Waals surface area contributed by atoms with Crippen molar-refractivity contribution in [3.8, 4) is 0 Å². The predicted octanol–water partition coefficient (Wildman–Crippen LogP) is 0.895. The summed E-state index contributed by atoms with van der Waals surface area (Å²) in [5, 5.41) is 3.19. The van der Waals surface area contributed by atoms with E-state index in [1.54, 1.807) is 27.7 Å². The Morgan fingerprint density at radius 3 is 0.802 bits per heavy atom. The van der Waals surface area contributed by atoms with Crippen LogP contribution in [-0.2, 0) is 66.9 Å². The number of amides is 10. The Bertz CT molecular complexity index is 1950. The molecule has 0 aliphatic rings. The summed E-state index contributed by atoms with van der Waals surface area (Å²) in [6, 6.07) is -1.97. The quantitative estimate of drug-likeness (QED) is 0.0858. The summed E-state index contributed by atoms with van der Waals surface area (Å²) < 4.78 is 21.2. The molecule has 0 aromatic rings. The number of carbonyl (C=O) groups is 10. The van der Waals surface area contributed by atoms with Gasteiger partial charge in [-0.15, -0.1) is 0 Å². The molecule has 0 aliphatic carbocycles. The van der Waals surface area contributed by atoms with Crippen LogP contribution in [0.25, 0.3) is 0 Å². The molecule has 10 amide bonds. The van der Waals surface area contributed by atoms with Crippen molar-refractivity contribution in [2.75, 3.05) is 146 Å². The highest BCUT2D eigenvalue weighted by Gasteiger charge is 2.35. The van der Waals surface area contributed by atoms with Gasteiger partial charge in [-0.3, -0.25) is 47.9 Å². The van der Waals surface area contributed by atoms with Crippen molar-refractivity contribution in [2.24, 2.45) is 5.73 Å². The minimum atomic E-state index is -0.698. The number of carbonyl (C=O) groups excluding carboxylic acids is 10. The maximum atomic E-state index is 14.6. The van der Waals surface area contributed by atoms with Gasteiger partial charge in [0.15, 0.2) is 0 Å². The van der Waals surface area contributed by atoms with E-state index >= 15 is 0 Å². The average Bonchev–Trinajstić information content (AvgIpc) is 3.47. The van der Waals surface area contributed by atoms with E-state index in [1.165, 1.54) is 72.5 Å². The molecule has 0 aliphatic heterocycles. The predicted molar refractivity (Wildman–Crippen MR) is 308 cm³/mol. The topological polar surface area (TPSA) is 275 Å². The minimum Gasteiger partial charge on any atom is -0.383 e. The van der Waals surface area contributed by atoms with Gasteiger partial charge < -0.3 is 74.1 Å². The smallest absolute Gasteiger partial charge is 0.242 e. The summed E-state index contributed by atoms with van der Waals surface area (Å²) in [6.07, 6.45) is 3.26. The molecule has 0 bridgehead atoms. The Labute approximate surface area is 484 Å². The molecule has 25 nitrogen and oxygen atoms in total. The molecule has 0 heterocycles. The maximum Gasteiger partial charge on any atom is 0.242 e. The van der Waals surface area contributed by atoms with Crippen molar-refractivity contribution in [1.29, 1.82) is 0 Å². The first-order valence-corrected chi connectivity index (χ1v) is 28.9. The van der Waals surface area contributed by atoms with Crippen molar-refractivity contribution in [3.63, 3.8) is 0 Å². The third-order valence-corrected chi connectivity index (χ3v) is 15.0. The molecule has 0 fully saturated rings. The third-order valence-electron chi connectivity index (χ3n) is 15.0. The number of primary amides is 1. The normalized spacial score (nSPS) is 13.4. The fraction of sp³-hybridized carbons (Fsp3) is 0.821. The minimum absolute atomic E-state index is 0.0223. The van der Waals surface area contributed by atoms with Crippen LogP contribution < -0.4 is 11.1 Å². The zero-order valence-corrected chi connectivity index (χ0v) is 52.3. The second-order valence-electron chi connectivity index (χ2n) is 20.8. The van der Waals surface area contributed by atoms with Crippen LogP contribution in [0, 0.1) is 0 Å². The molecule has 0 aromatic heterocycles. The Hall–Kier alpha value is -5.50. The number of ether oxygens (including phenoxy) is 4. The van der Waals surface area contributed by atoms with Gasteiger partial charge in [-0.05, 0) is 80.1 Å². The lowest BCUT2D eigenvalue weighted by atomic mass is 10.1. The molecule has 6 atom stereocenters. The summed E-state index contributed by atoms with van der Waals surface area (Å²) in [5.41, 5.74) is 5.47. The lowest BCUT2D eigenvalue weighted by Crippen LogP contribution is -2.56. The van der Waals surface area contributed by atoms with E-state index in [2.05, 4.69) is 5.32 Å². The van der Waals surface area contributed by atoms with Crippen molar-refractivity contribution in [1.82, 2.24) is 49.4 Å². The number of nitrogens with zero attached hydrogens (tertiary/aromatic N) is 9. The molecule has 0 saturated heterocycles. The summed E-state index contributed by atoms with van der Waals surface area (Å²) in [6.45, 7) is 18.6. The van der Waals surface area contributed by atoms with Crippen molar-refractivity contribution in [3.05, 3.63) is 0 Å². The molecule has 0 spiro atoms. The number of hydrogen-bond donors (Lipinski definition) is 2. The van der Waals surface area contributed by atoms with E-state index < -0.39 is 111 Å². The standard InChI is InChI=1S/C56H105N11O14/c1-17-41(7)58-31-48(69)64(43(9)19-3)37-51(72)59(23-27-78-13)33-49(70)62(26-30-81-16)36-54(75)67(46(12)22-6)40-56(77)65(44(10)20-4)38-52(73)60(24-28-79-14)34-50(71)61(25-29-80-15)35-53(74)66(45(11)21-5)39-55(76)63(32-47(57)68)42(8)18-2/h41-46,58H,17-40H2,1-16H3,(H2,57,68). The number of rotatable bonds is 44. The highest BCUT2D eigenvalue weighted by Crippen LogP contribution is 2.15. The average molecular weight is 1160 g/mol. The van der Waals surface area contributed by atoms with Crippen LogP contribution in [0.3, 0.4) is 0 Å². The molecular weight excluding hydrogens is 1050 g/mol. The van der Waals surface area contributed by atoms with Gasteiger partial charge >= 0.3 is 0 Å². The van der Waals surface area contributed by atoms with Gasteiger partial charge in [0.05, 0.1) is 65.7 Å². The van der Waals surface area contributed by atoms with E-state index in [9.17, 15) is 47.9 Å². The summed E-state index contributed by atoms with van der Waals surface area (Å²) in [7, 11) is 5.78. The SMILES string of the molecule is CCC(C)NCC(=O)N(CC(=O)N(CCOC)CC(=O)N(CCOC)CC(=O)N(CC(=O)N(CC(=O)N(CCOC)CC(=O)N(CCOC)CC(=O)N(CC(=O)N(CC(N)=O)C(C)CC)C(C)CC)C(C)CC)C(C)CC)C(C)CC. The van der Waals surface area contributed by atoms with Crippen LogP contribution in [0.15, 0.2) is 0 Å². The molecule has 0 saturated carbocycles. The first-order valence-electron chi connectivity index (χ1n) is 28.9. The van der Waals surface area contributed by atoms with Crippen LogP contribution in [0.5, 0.6) is 0 Å².